The molecule has 0 spiro atoms. The Morgan fingerprint density at radius 1 is 1.14 bits per heavy atom. The lowest BCUT2D eigenvalue weighted by Crippen LogP contribution is -2.48. The fourth-order valence-electron chi connectivity index (χ4n) is 4.82. The normalized spacial score (nSPS) is 19.4. The maximum atomic E-state index is 13.8. The second-order valence-electron chi connectivity index (χ2n) is 9.84. The molecule has 2 aromatic rings. The Morgan fingerprint density at radius 3 is 2.57 bits per heavy atom. The van der Waals surface area contributed by atoms with Gasteiger partial charge in [-0.2, -0.15) is 0 Å². The minimum absolute atomic E-state index is 0.0991. The summed E-state index contributed by atoms with van der Waals surface area (Å²) in [7, 11) is 0. The van der Waals surface area contributed by atoms with Crippen molar-refractivity contribution in [1.29, 1.82) is 0 Å². The van der Waals surface area contributed by atoms with Gasteiger partial charge in [0.05, 0.1) is 25.9 Å². The van der Waals surface area contributed by atoms with Gasteiger partial charge in [-0.1, -0.05) is 19.1 Å². The minimum atomic E-state index is -0.398. The maximum absolute atomic E-state index is 13.8. The summed E-state index contributed by atoms with van der Waals surface area (Å²) in [6.45, 7) is 13.5. The van der Waals surface area contributed by atoms with E-state index in [2.05, 4.69) is 43.1 Å². The Morgan fingerprint density at radius 2 is 1.89 bits per heavy atom. The number of anilines is 1. The van der Waals surface area contributed by atoms with Crippen LogP contribution < -0.4 is 14.8 Å². The van der Waals surface area contributed by atoms with Crippen LogP contribution in [0.2, 0.25) is 0 Å². The van der Waals surface area contributed by atoms with Gasteiger partial charge in [-0.15, -0.1) is 0 Å². The van der Waals surface area contributed by atoms with Crippen LogP contribution in [0.5, 0.6) is 11.5 Å². The quantitative estimate of drug-likeness (QED) is 0.567. The molecule has 190 valence electrons. The largest absolute Gasteiger partial charge is 0.494 e. The van der Waals surface area contributed by atoms with E-state index in [0.717, 1.165) is 62.0 Å². The number of benzene rings is 2. The molecule has 2 aliphatic rings. The van der Waals surface area contributed by atoms with Crippen LogP contribution in [0.15, 0.2) is 42.5 Å². The number of urea groups is 1. The first kappa shape index (κ1) is 25.3. The van der Waals surface area contributed by atoms with Crippen molar-refractivity contribution >= 4 is 11.7 Å². The van der Waals surface area contributed by atoms with Crippen molar-refractivity contribution in [3.8, 4) is 11.5 Å². The molecule has 0 radical (unpaired) electrons. The smallest absolute Gasteiger partial charge is 0.322 e. The molecule has 1 unspecified atom stereocenters. The highest BCUT2D eigenvalue weighted by Gasteiger charge is 2.39. The number of aryl methyl sites for hydroxylation is 1. The number of carbonyl (C=O) groups is 1. The SMILES string of the molecule is CCOc1ccc2c(c1)C(N(CCN1CCOCC1)C(=O)Nc1ccc(CC)cc1)CC(C)(C)O2. The van der Waals surface area contributed by atoms with Gasteiger partial charge in [0, 0.05) is 43.9 Å². The summed E-state index contributed by atoms with van der Waals surface area (Å²) >= 11 is 0. The van der Waals surface area contributed by atoms with E-state index in [4.69, 9.17) is 14.2 Å². The number of hydrogen-bond donors (Lipinski definition) is 1. The molecule has 1 saturated heterocycles. The Balaban J connectivity index is 1.63. The average molecular weight is 482 g/mol. The summed E-state index contributed by atoms with van der Waals surface area (Å²) in [5, 5.41) is 3.15. The van der Waals surface area contributed by atoms with Gasteiger partial charge in [-0.3, -0.25) is 4.90 Å². The fraction of sp³-hybridized carbons (Fsp3) is 0.536. The van der Waals surface area contributed by atoms with Crippen molar-refractivity contribution in [3.63, 3.8) is 0 Å². The number of morpholine rings is 1. The Labute approximate surface area is 209 Å². The van der Waals surface area contributed by atoms with E-state index in [0.29, 0.717) is 19.6 Å². The molecule has 1 atom stereocenters. The number of nitrogens with one attached hydrogen (secondary N) is 1. The third-order valence-electron chi connectivity index (χ3n) is 6.73. The Hall–Kier alpha value is -2.77. The van der Waals surface area contributed by atoms with Crippen molar-refractivity contribution in [2.24, 2.45) is 0 Å². The lowest BCUT2D eigenvalue weighted by atomic mass is 9.88. The number of rotatable bonds is 8. The molecule has 4 rings (SSSR count). The highest BCUT2D eigenvalue weighted by Crippen LogP contribution is 2.44. The van der Waals surface area contributed by atoms with E-state index in [1.165, 1.54) is 5.56 Å². The summed E-state index contributed by atoms with van der Waals surface area (Å²) in [5.41, 5.74) is 2.65. The van der Waals surface area contributed by atoms with E-state index < -0.39 is 5.60 Å². The van der Waals surface area contributed by atoms with Crippen LogP contribution in [0.3, 0.4) is 0 Å². The lowest BCUT2D eigenvalue weighted by molar-refractivity contribution is 0.0226. The number of nitrogens with zero attached hydrogens (tertiary/aromatic N) is 2. The number of hydrogen-bond acceptors (Lipinski definition) is 5. The molecule has 0 aliphatic carbocycles. The van der Waals surface area contributed by atoms with Crippen molar-refractivity contribution in [2.45, 2.75) is 52.2 Å². The van der Waals surface area contributed by atoms with E-state index >= 15 is 0 Å². The molecule has 7 heteroatoms. The zero-order valence-corrected chi connectivity index (χ0v) is 21.5. The lowest BCUT2D eigenvalue weighted by Gasteiger charge is -2.43. The van der Waals surface area contributed by atoms with Crippen molar-refractivity contribution < 1.29 is 19.0 Å². The predicted octanol–water partition coefficient (Wildman–Crippen LogP) is 5.12. The Kier molecular flexibility index (Phi) is 8.19. The first-order valence-electron chi connectivity index (χ1n) is 12.8. The van der Waals surface area contributed by atoms with Crippen molar-refractivity contribution in [1.82, 2.24) is 9.80 Å². The van der Waals surface area contributed by atoms with Crippen LogP contribution in [0.25, 0.3) is 0 Å². The van der Waals surface area contributed by atoms with Crippen LogP contribution in [0, 0.1) is 0 Å². The maximum Gasteiger partial charge on any atom is 0.322 e. The Bertz CT molecular complexity index is 986. The van der Waals surface area contributed by atoms with Crippen molar-refractivity contribution in [3.05, 3.63) is 53.6 Å². The summed E-state index contributed by atoms with van der Waals surface area (Å²) in [6.07, 6.45) is 1.66. The highest BCUT2D eigenvalue weighted by atomic mass is 16.5. The standard InChI is InChI=1S/C28H39N3O4/c1-5-21-7-9-22(10-8-21)29-27(32)31(14-13-30-15-17-33-18-16-30)25-20-28(3,4)35-26-12-11-23(34-6-2)19-24(25)26/h7-12,19,25H,5-6,13-18,20H2,1-4H3,(H,29,32). The first-order chi connectivity index (χ1) is 16.9. The zero-order chi connectivity index (χ0) is 24.8. The summed E-state index contributed by atoms with van der Waals surface area (Å²) in [4.78, 5) is 18.1. The summed E-state index contributed by atoms with van der Waals surface area (Å²) in [6, 6.07) is 13.8. The topological polar surface area (TPSA) is 63.3 Å². The second-order valence-corrected chi connectivity index (χ2v) is 9.84. The van der Waals surface area contributed by atoms with Crippen LogP contribution in [-0.4, -0.2) is 67.4 Å². The molecule has 1 fully saturated rings. The minimum Gasteiger partial charge on any atom is -0.494 e. The summed E-state index contributed by atoms with van der Waals surface area (Å²) in [5.74, 6) is 1.61. The molecule has 0 bridgehead atoms. The second kappa shape index (κ2) is 11.3. The first-order valence-corrected chi connectivity index (χ1v) is 12.8. The monoisotopic (exact) mass is 481 g/mol. The van der Waals surface area contributed by atoms with Crippen LogP contribution in [-0.2, 0) is 11.2 Å². The molecule has 2 aromatic carbocycles. The average Bonchev–Trinajstić information content (AvgIpc) is 2.85. The van der Waals surface area contributed by atoms with E-state index in [9.17, 15) is 4.79 Å². The van der Waals surface area contributed by atoms with E-state index in [1.807, 2.05) is 42.2 Å². The third-order valence-corrected chi connectivity index (χ3v) is 6.73. The van der Waals surface area contributed by atoms with Gasteiger partial charge >= 0.3 is 6.03 Å². The highest BCUT2D eigenvalue weighted by molar-refractivity contribution is 5.89. The number of carbonyl (C=O) groups excluding carboxylic acids is 1. The molecule has 1 N–H and O–H groups in total. The van der Waals surface area contributed by atoms with E-state index in [-0.39, 0.29) is 12.1 Å². The molecule has 0 aromatic heterocycles. The van der Waals surface area contributed by atoms with Gasteiger partial charge in [0.15, 0.2) is 0 Å². The summed E-state index contributed by atoms with van der Waals surface area (Å²) < 4.78 is 17.6. The molecule has 2 aliphatic heterocycles. The molecular formula is C28H39N3O4. The molecule has 2 amide bonds. The van der Waals surface area contributed by atoms with Crippen LogP contribution in [0.4, 0.5) is 10.5 Å². The van der Waals surface area contributed by atoms with E-state index in [1.54, 1.807) is 0 Å². The van der Waals surface area contributed by atoms with Crippen molar-refractivity contribution in [2.75, 3.05) is 51.3 Å². The van der Waals surface area contributed by atoms with Gasteiger partial charge in [-0.05, 0) is 63.1 Å². The molecule has 7 nitrogen and oxygen atoms in total. The zero-order valence-electron chi connectivity index (χ0n) is 21.5. The van der Waals surface area contributed by atoms with Gasteiger partial charge in [0.25, 0.3) is 0 Å². The van der Waals surface area contributed by atoms with Gasteiger partial charge < -0.3 is 24.4 Å². The number of ether oxygens (including phenoxy) is 3. The fourth-order valence-corrected chi connectivity index (χ4v) is 4.82. The molecule has 35 heavy (non-hydrogen) atoms. The molecular weight excluding hydrogens is 442 g/mol. The predicted molar refractivity (Wildman–Crippen MR) is 138 cm³/mol. The third kappa shape index (κ3) is 6.47. The van der Waals surface area contributed by atoms with Gasteiger partial charge in [0.1, 0.15) is 17.1 Å². The number of fused-ring (bicyclic) bond motifs is 1. The van der Waals surface area contributed by atoms with Crippen LogP contribution >= 0.6 is 0 Å². The molecule has 0 saturated carbocycles. The van der Waals surface area contributed by atoms with Crippen LogP contribution in [0.1, 0.15) is 51.3 Å². The number of amides is 2. The molecule has 2 heterocycles. The van der Waals surface area contributed by atoms with Gasteiger partial charge in [0.2, 0.25) is 0 Å². The van der Waals surface area contributed by atoms with Gasteiger partial charge in [-0.25, -0.2) is 4.79 Å².